The minimum atomic E-state index is -0.997. The monoisotopic (exact) mass is 518 g/mol. The first-order valence-corrected chi connectivity index (χ1v) is 12.3. The van der Waals surface area contributed by atoms with Crippen LogP contribution in [0.3, 0.4) is 0 Å². The molecule has 0 saturated heterocycles. The van der Waals surface area contributed by atoms with Gasteiger partial charge in [0.1, 0.15) is 11.6 Å². The predicted molar refractivity (Wildman–Crippen MR) is 145 cm³/mol. The molecule has 2 rings (SSSR count). The Labute approximate surface area is 223 Å². The first kappa shape index (κ1) is 32.9. The minimum absolute atomic E-state index is 0.343. The van der Waals surface area contributed by atoms with Crippen molar-refractivity contribution in [1.82, 2.24) is 20.0 Å². The average Bonchev–Trinajstić information content (AvgIpc) is 3.40. The van der Waals surface area contributed by atoms with Gasteiger partial charge in [0.25, 0.3) is 0 Å². The number of aromatic amines is 1. The molecular weight excluding hydrogens is 474 g/mol. The van der Waals surface area contributed by atoms with Crippen LogP contribution in [0, 0.1) is 0 Å². The van der Waals surface area contributed by atoms with Crippen molar-refractivity contribution in [3.05, 3.63) is 24.8 Å². The second-order valence-electron chi connectivity index (χ2n) is 12.1. The number of ether oxygens (including phenoxy) is 1. The fourth-order valence-electron chi connectivity index (χ4n) is 2.16. The van der Waals surface area contributed by atoms with Crippen LogP contribution in [0.2, 0.25) is 0 Å². The fourth-order valence-corrected chi connectivity index (χ4v) is 2.16. The summed E-state index contributed by atoms with van der Waals surface area (Å²) >= 11 is 0. The van der Waals surface area contributed by atoms with Crippen LogP contribution in [0.1, 0.15) is 89.1 Å². The van der Waals surface area contributed by atoms with Crippen LogP contribution in [-0.2, 0) is 18.8 Å². The van der Waals surface area contributed by atoms with Crippen molar-refractivity contribution in [3.63, 3.8) is 0 Å². The zero-order valence-electron chi connectivity index (χ0n) is 24.4. The molecule has 12 heteroatoms. The second-order valence-corrected chi connectivity index (χ2v) is 12.1. The highest BCUT2D eigenvalue weighted by Crippen LogP contribution is 2.25. The zero-order chi connectivity index (χ0) is 28.9. The quantitative estimate of drug-likeness (QED) is 0.321. The normalized spacial score (nSPS) is 13.9. The van der Waals surface area contributed by atoms with Gasteiger partial charge in [-0.1, -0.05) is 0 Å². The Morgan fingerprint density at radius 3 is 1.78 bits per heavy atom. The number of aliphatic hydroxyl groups is 2. The number of rotatable bonds is 10. The third kappa shape index (κ3) is 10.6. The van der Waals surface area contributed by atoms with Crippen LogP contribution < -0.4 is 10.9 Å². The van der Waals surface area contributed by atoms with E-state index in [0.29, 0.717) is 5.46 Å². The summed E-state index contributed by atoms with van der Waals surface area (Å²) in [5.41, 5.74) is -2.26. The van der Waals surface area contributed by atoms with Gasteiger partial charge in [0.2, 0.25) is 0 Å². The molecule has 3 N–H and O–H groups in total. The van der Waals surface area contributed by atoms with Crippen LogP contribution in [0.25, 0.3) is 0 Å². The molecule has 0 saturated carbocycles. The predicted octanol–water partition coefficient (Wildman–Crippen LogP) is 1.82. The molecule has 0 bridgehead atoms. The van der Waals surface area contributed by atoms with Crippen molar-refractivity contribution in [1.29, 1.82) is 0 Å². The number of nitrogens with zero attached hydrogens (tertiary/aromatic N) is 3. The van der Waals surface area contributed by atoms with Gasteiger partial charge in [0, 0.05) is 24.8 Å². The van der Waals surface area contributed by atoms with Crippen LogP contribution in [0.4, 0.5) is 0 Å². The van der Waals surface area contributed by atoms with E-state index in [1.54, 1.807) is 80.7 Å². The van der Waals surface area contributed by atoms with E-state index in [0.717, 1.165) is 5.46 Å². The summed E-state index contributed by atoms with van der Waals surface area (Å²) in [6.07, 6.45) is 6.68. The lowest BCUT2D eigenvalue weighted by molar-refractivity contribution is -0.158. The fraction of sp³-hybridized carbons (Fsp3) is 0.720. The first-order chi connectivity index (χ1) is 16.6. The highest BCUT2D eigenvalue weighted by Gasteiger charge is 2.36. The Bertz CT molecular complexity index is 971. The van der Waals surface area contributed by atoms with E-state index >= 15 is 0 Å². The van der Waals surface area contributed by atoms with E-state index in [9.17, 15) is 15.0 Å². The SMILES string of the molecule is CC(C(=O)OC(C)(C)C)n1cc([B]OC(C)(C)C(C)(C)O)cn1.CC(C)(O)C(C)(C)O[B]c1cn[nH]c1. The van der Waals surface area contributed by atoms with Gasteiger partial charge in [-0.05, 0) is 94.0 Å². The summed E-state index contributed by atoms with van der Waals surface area (Å²) in [6, 6.07) is -0.529. The van der Waals surface area contributed by atoms with Crippen molar-refractivity contribution >= 4 is 31.9 Å². The van der Waals surface area contributed by atoms with Crippen molar-refractivity contribution in [2.24, 2.45) is 0 Å². The zero-order valence-corrected chi connectivity index (χ0v) is 24.4. The van der Waals surface area contributed by atoms with E-state index in [1.807, 2.05) is 34.6 Å². The van der Waals surface area contributed by atoms with Gasteiger partial charge < -0.3 is 24.3 Å². The molecule has 1 atom stereocenters. The number of hydrogen-bond donors (Lipinski definition) is 3. The Balaban J connectivity index is 0.000000417. The third-order valence-electron chi connectivity index (χ3n) is 6.21. The molecule has 1 unspecified atom stereocenters. The van der Waals surface area contributed by atoms with Crippen LogP contribution in [0.15, 0.2) is 24.8 Å². The molecule has 2 heterocycles. The standard InChI is InChI=1S/C16H28BN2O4.C9H16BN2O2/c1-11(13(20)22-14(2,3)4)19-10-12(9-18-19)17-23-16(7,8)15(5,6)21;1-8(2,13)9(3,4)14-10-7-5-11-12-6-7/h9-11,21H,1-8H3;5-6,13H,1-4H3,(H,11,12). The molecule has 2 radical (unpaired) electrons. The second kappa shape index (κ2) is 12.1. The summed E-state index contributed by atoms with van der Waals surface area (Å²) in [7, 11) is 3.12. The lowest BCUT2D eigenvalue weighted by atomic mass is 9.84. The van der Waals surface area contributed by atoms with E-state index in [4.69, 9.17) is 14.0 Å². The smallest absolute Gasteiger partial charge is 0.334 e. The van der Waals surface area contributed by atoms with E-state index in [1.165, 1.54) is 12.2 Å². The number of aromatic nitrogens is 4. The Morgan fingerprint density at radius 2 is 1.38 bits per heavy atom. The summed E-state index contributed by atoms with van der Waals surface area (Å²) in [5, 5.41) is 30.5. The number of carbonyl (C=O) groups excluding carboxylic acids is 1. The van der Waals surface area contributed by atoms with Crippen molar-refractivity contribution in [2.45, 2.75) is 117 Å². The van der Waals surface area contributed by atoms with Gasteiger partial charge in [-0.3, -0.25) is 9.78 Å². The van der Waals surface area contributed by atoms with Crippen molar-refractivity contribution < 1.29 is 29.1 Å². The van der Waals surface area contributed by atoms with Crippen LogP contribution in [0.5, 0.6) is 0 Å². The van der Waals surface area contributed by atoms with Gasteiger partial charge in [0.05, 0.1) is 22.4 Å². The van der Waals surface area contributed by atoms with Crippen LogP contribution in [-0.4, -0.2) is 79.1 Å². The Morgan fingerprint density at radius 1 is 0.892 bits per heavy atom. The highest BCUT2D eigenvalue weighted by atomic mass is 16.6. The number of carbonyl (C=O) groups is 1. The topological polar surface area (TPSA) is 132 Å². The molecule has 0 aliphatic carbocycles. The third-order valence-corrected chi connectivity index (χ3v) is 6.21. The number of H-pyrrole nitrogens is 1. The molecule has 10 nitrogen and oxygen atoms in total. The highest BCUT2D eigenvalue weighted by molar-refractivity contribution is 6.47. The molecule has 0 spiro atoms. The maximum atomic E-state index is 12.1. The van der Waals surface area contributed by atoms with E-state index < -0.39 is 34.0 Å². The maximum absolute atomic E-state index is 12.1. The number of nitrogens with one attached hydrogen (secondary N) is 1. The first-order valence-electron chi connectivity index (χ1n) is 12.3. The molecular formula is C25H44B2N4O6. The molecule has 206 valence electrons. The molecule has 2 aromatic heterocycles. The molecule has 2 aromatic rings. The minimum Gasteiger partial charge on any atom is -0.458 e. The molecule has 0 amide bonds. The van der Waals surface area contributed by atoms with Crippen molar-refractivity contribution in [2.75, 3.05) is 0 Å². The van der Waals surface area contributed by atoms with E-state index in [2.05, 4.69) is 15.3 Å². The largest absolute Gasteiger partial charge is 0.458 e. The molecule has 0 aromatic carbocycles. The Hall–Kier alpha value is -2.14. The lowest BCUT2D eigenvalue weighted by Crippen LogP contribution is -2.49. The van der Waals surface area contributed by atoms with E-state index in [-0.39, 0.29) is 5.97 Å². The lowest BCUT2D eigenvalue weighted by Gasteiger charge is -2.37. The van der Waals surface area contributed by atoms with Crippen LogP contribution >= 0.6 is 0 Å². The van der Waals surface area contributed by atoms with Crippen molar-refractivity contribution in [3.8, 4) is 0 Å². The molecule has 37 heavy (non-hydrogen) atoms. The molecule has 0 fully saturated rings. The molecule has 0 aliphatic heterocycles. The maximum Gasteiger partial charge on any atom is 0.334 e. The summed E-state index contributed by atoms with van der Waals surface area (Å²) < 4.78 is 18.0. The summed E-state index contributed by atoms with van der Waals surface area (Å²) in [6.45, 7) is 21.3. The van der Waals surface area contributed by atoms with Gasteiger partial charge in [-0.15, -0.1) is 0 Å². The van der Waals surface area contributed by atoms with Gasteiger partial charge in [-0.2, -0.15) is 10.2 Å². The van der Waals surface area contributed by atoms with Gasteiger partial charge >= 0.3 is 20.9 Å². The van der Waals surface area contributed by atoms with Gasteiger partial charge in [-0.25, -0.2) is 4.79 Å². The molecule has 0 aliphatic rings. The number of esters is 1. The van der Waals surface area contributed by atoms with Gasteiger partial charge in [0.15, 0.2) is 0 Å². The Kier molecular flexibility index (Phi) is 10.8. The summed E-state index contributed by atoms with van der Waals surface area (Å²) in [5.74, 6) is -0.343. The number of hydrogen-bond acceptors (Lipinski definition) is 8. The summed E-state index contributed by atoms with van der Waals surface area (Å²) in [4.78, 5) is 12.1. The average molecular weight is 518 g/mol.